The van der Waals surface area contributed by atoms with Gasteiger partial charge in [-0.2, -0.15) is 5.10 Å². The Morgan fingerprint density at radius 2 is 1.56 bits per heavy atom. The zero-order valence-electron chi connectivity index (χ0n) is 17.7. The number of nitrogens with zero attached hydrogens (tertiary/aromatic N) is 4. The molecule has 166 valence electrons. The molecule has 0 atom stereocenters. The molecule has 32 heavy (non-hydrogen) atoms. The van der Waals surface area contributed by atoms with Crippen LogP contribution in [0.15, 0.2) is 48.7 Å². The highest BCUT2D eigenvalue weighted by molar-refractivity contribution is 6.00. The number of carbonyl (C=O) groups excluding carboxylic acids is 2. The van der Waals surface area contributed by atoms with E-state index in [2.05, 4.69) is 5.10 Å². The van der Waals surface area contributed by atoms with Crippen molar-refractivity contribution in [2.75, 3.05) is 33.3 Å². The lowest BCUT2D eigenvalue weighted by molar-refractivity contribution is 0.0536. The minimum absolute atomic E-state index is 0.0590. The first-order valence-electron chi connectivity index (χ1n) is 10.1. The molecule has 1 saturated heterocycles. The van der Waals surface area contributed by atoms with Crippen molar-refractivity contribution in [1.29, 1.82) is 0 Å². The third-order valence-electron chi connectivity index (χ3n) is 5.44. The molecule has 1 aliphatic heterocycles. The summed E-state index contributed by atoms with van der Waals surface area (Å²) in [5, 5.41) is 4.22. The summed E-state index contributed by atoms with van der Waals surface area (Å²) in [6.45, 7) is 1.41. The van der Waals surface area contributed by atoms with Crippen molar-refractivity contribution in [3.63, 3.8) is 0 Å². The first-order valence-corrected chi connectivity index (χ1v) is 10.1. The van der Waals surface area contributed by atoms with Crippen LogP contribution >= 0.6 is 0 Å². The van der Waals surface area contributed by atoms with E-state index < -0.39 is 11.6 Å². The van der Waals surface area contributed by atoms with Gasteiger partial charge in [-0.1, -0.05) is 0 Å². The second kappa shape index (κ2) is 8.78. The van der Waals surface area contributed by atoms with E-state index in [4.69, 9.17) is 4.74 Å². The smallest absolute Gasteiger partial charge is 0.257 e. The Kier molecular flexibility index (Phi) is 5.89. The molecule has 0 aliphatic carbocycles. The van der Waals surface area contributed by atoms with Gasteiger partial charge in [0.05, 0.1) is 12.7 Å². The Hall–Kier alpha value is -3.75. The highest BCUT2D eigenvalue weighted by atomic mass is 19.1. The number of hydrogen-bond donors (Lipinski definition) is 0. The maximum absolute atomic E-state index is 14.3. The van der Waals surface area contributed by atoms with Crippen molar-refractivity contribution in [3.8, 4) is 17.0 Å². The van der Waals surface area contributed by atoms with Crippen molar-refractivity contribution >= 4 is 11.8 Å². The number of piperazine rings is 1. The van der Waals surface area contributed by atoms with Crippen LogP contribution in [-0.2, 0) is 7.05 Å². The summed E-state index contributed by atoms with van der Waals surface area (Å²) in [5.74, 6) is -1.24. The van der Waals surface area contributed by atoms with Gasteiger partial charge in [-0.3, -0.25) is 14.3 Å². The predicted molar refractivity (Wildman–Crippen MR) is 113 cm³/mol. The van der Waals surface area contributed by atoms with E-state index in [0.29, 0.717) is 37.5 Å². The molecule has 1 aliphatic rings. The van der Waals surface area contributed by atoms with E-state index in [-0.39, 0.29) is 28.6 Å². The summed E-state index contributed by atoms with van der Waals surface area (Å²) in [6.07, 6.45) is 1.52. The van der Waals surface area contributed by atoms with Gasteiger partial charge in [-0.15, -0.1) is 0 Å². The van der Waals surface area contributed by atoms with Crippen LogP contribution in [0.4, 0.5) is 8.78 Å². The molecule has 0 bridgehead atoms. The average Bonchev–Trinajstić information content (AvgIpc) is 3.19. The van der Waals surface area contributed by atoms with Crippen LogP contribution in [-0.4, -0.2) is 64.7 Å². The Labute approximate surface area is 183 Å². The molecule has 1 aromatic heterocycles. The predicted octanol–water partition coefficient (Wildman–Crippen LogP) is 2.97. The molecule has 7 nitrogen and oxygen atoms in total. The van der Waals surface area contributed by atoms with Gasteiger partial charge in [0, 0.05) is 56.6 Å². The third-order valence-corrected chi connectivity index (χ3v) is 5.44. The quantitative estimate of drug-likeness (QED) is 0.626. The van der Waals surface area contributed by atoms with Gasteiger partial charge in [0.2, 0.25) is 0 Å². The highest BCUT2D eigenvalue weighted by Gasteiger charge is 2.29. The van der Waals surface area contributed by atoms with Crippen LogP contribution in [0.25, 0.3) is 11.3 Å². The molecule has 2 amide bonds. The summed E-state index contributed by atoms with van der Waals surface area (Å²) in [4.78, 5) is 29.2. The molecule has 3 aromatic rings. The van der Waals surface area contributed by atoms with Crippen molar-refractivity contribution in [1.82, 2.24) is 19.6 Å². The molecule has 0 N–H and O–H groups in total. The number of benzene rings is 2. The van der Waals surface area contributed by atoms with Crippen molar-refractivity contribution < 1.29 is 23.1 Å². The summed E-state index contributed by atoms with van der Waals surface area (Å²) >= 11 is 0. The Balaban J connectivity index is 1.47. The van der Waals surface area contributed by atoms with E-state index in [0.717, 1.165) is 12.1 Å². The van der Waals surface area contributed by atoms with Gasteiger partial charge in [-0.05, 0) is 36.4 Å². The number of amides is 2. The number of halogens is 2. The second-order valence-corrected chi connectivity index (χ2v) is 7.50. The lowest BCUT2D eigenvalue weighted by atomic mass is 10.1. The first-order chi connectivity index (χ1) is 15.4. The van der Waals surface area contributed by atoms with Crippen LogP contribution in [0.2, 0.25) is 0 Å². The largest absolute Gasteiger partial charge is 0.497 e. The molecule has 0 saturated carbocycles. The molecular formula is C23H22F2N4O3. The summed E-state index contributed by atoms with van der Waals surface area (Å²) < 4.78 is 34.2. The summed E-state index contributed by atoms with van der Waals surface area (Å²) in [6, 6.07) is 10.0. The first kappa shape index (κ1) is 21.5. The fraction of sp³-hybridized carbons (Fsp3) is 0.261. The minimum Gasteiger partial charge on any atom is -0.497 e. The molecule has 0 radical (unpaired) electrons. The molecule has 2 heterocycles. The zero-order chi connectivity index (χ0) is 22.8. The van der Waals surface area contributed by atoms with Crippen LogP contribution in [0.1, 0.15) is 20.7 Å². The monoisotopic (exact) mass is 440 g/mol. The minimum atomic E-state index is -0.785. The zero-order valence-corrected chi connectivity index (χ0v) is 17.7. The number of methoxy groups -OCH3 is 1. The van der Waals surface area contributed by atoms with E-state index in [1.807, 2.05) is 0 Å². The number of ether oxygens (including phenoxy) is 1. The standard InChI is InChI=1S/C23H22F2N4O3/c1-27-14-19(21(26-27)18-8-5-16(24)13-20(18)25)23(31)29-11-9-28(10-12-29)22(30)15-3-6-17(32-2)7-4-15/h3-8,13-14H,9-12H2,1-2H3. The third kappa shape index (κ3) is 4.18. The van der Waals surface area contributed by atoms with Gasteiger partial charge in [0.1, 0.15) is 23.1 Å². The van der Waals surface area contributed by atoms with E-state index in [9.17, 15) is 18.4 Å². The number of rotatable bonds is 4. The van der Waals surface area contributed by atoms with Gasteiger partial charge in [0.15, 0.2) is 0 Å². The van der Waals surface area contributed by atoms with Gasteiger partial charge in [-0.25, -0.2) is 8.78 Å². The van der Waals surface area contributed by atoms with Gasteiger partial charge >= 0.3 is 0 Å². The number of aromatic nitrogens is 2. The van der Waals surface area contributed by atoms with Crippen LogP contribution in [0.5, 0.6) is 5.75 Å². The fourth-order valence-electron chi connectivity index (χ4n) is 3.72. The molecule has 9 heteroatoms. The molecule has 0 spiro atoms. The Bertz CT molecular complexity index is 1150. The summed E-state index contributed by atoms with van der Waals surface area (Å²) in [7, 11) is 3.19. The molecular weight excluding hydrogens is 418 g/mol. The lowest BCUT2D eigenvalue weighted by Crippen LogP contribution is -2.50. The number of aryl methyl sites for hydroxylation is 1. The van der Waals surface area contributed by atoms with Crippen molar-refractivity contribution in [2.24, 2.45) is 7.05 Å². The van der Waals surface area contributed by atoms with Crippen LogP contribution in [0.3, 0.4) is 0 Å². The topological polar surface area (TPSA) is 67.7 Å². The highest BCUT2D eigenvalue weighted by Crippen LogP contribution is 2.27. The molecule has 2 aromatic carbocycles. The molecule has 4 rings (SSSR count). The van der Waals surface area contributed by atoms with Gasteiger partial charge in [0.25, 0.3) is 11.8 Å². The van der Waals surface area contributed by atoms with E-state index in [1.54, 1.807) is 48.2 Å². The lowest BCUT2D eigenvalue weighted by Gasteiger charge is -2.34. The normalized spacial score (nSPS) is 13.9. The molecule has 1 fully saturated rings. The maximum Gasteiger partial charge on any atom is 0.257 e. The maximum atomic E-state index is 14.3. The average molecular weight is 440 g/mol. The molecule has 0 unspecified atom stereocenters. The SMILES string of the molecule is COc1ccc(C(=O)N2CCN(C(=O)c3cn(C)nc3-c3ccc(F)cc3F)CC2)cc1. The number of hydrogen-bond acceptors (Lipinski definition) is 4. The van der Waals surface area contributed by atoms with E-state index >= 15 is 0 Å². The van der Waals surface area contributed by atoms with Crippen LogP contribution < -0.4 is 4.74 Å². The fourth-order valence-corrected chi connectivity index (χ4v) is 3.72. The van der Waals surface area contributed by atoms with Crippen LogP contribution in [0, 0.1) is 11.6 Å². The number of carbonyl (C=O) groups is 2. The van der Waals surface area contributed by atoms with Gasteiger partial charge < -0.3 is 14.5 Å². The van der Waals surface area contributed by atoms with Crippen molar-refractivity contribution in [3.05, 3.63) is 71.4 Å². The summed E-state index contributed by atoms with van der Waals surface area (Å²) in [5.41, 5.74) is 0.996. The second-order valence-electron chi connectivity index (χ2n) is 7.50. The van der Waals surface area contributed by atoms with Crippen molar-refractivity contribution in [2.45, 2.75) is 0 Å². The van der Waals surface area contributed by atoms with E-state index in [1.165, 1.54) is 16.9 Å². The Morgan fingerprint density at radius 1 is 0.938 bits per heavy atom. The Morgan fingerprint density at radius 3 is 2.16 bits per heavy atom.